The molecule has 4 rings (SSSR count). The molecule has 0 fully saturated rings. The third kappa shape index (κ3) is 1.83. The van der Waals surface area contributed by atoms with E-state index < -0.39 is 9.84 Å². The molecule has 110 valence electrons. The molecule has 10 nitrogen and oxygen atoms in total. The van der Waals surface area contributed by atoms with E-state index in [1.54, 1.807) is 18.2 Å². The highest BCUT2D eigenvalue weighted by molar-refractivity contribution is 7.90. The van der Waals surface area contributed by atoms with Gasteiger partial charge in [-0.05, 0) is 45.1 Å². The second kappa shape index (κ2) is 4.27. The molecule has 1 N–H and O–H groups in total. The zero-order valence-corrected chi connectivity index (χ0v) is 12.0. The van der Waals surface area contributed by atoms with Crippen LogP contribution < -0.4 is 0 Å². The second-order valence-corrected chi connectivity index (χ2v) is 6.73. The van der Waals surface area contributed by atoms with Crippen LogP contribution in [0.25, 0.3) is 27.9 Å². The number of tetrazole rings is 2. The van der Waals surface area contributed by atoms with Crippen molar-refractivity contribution in [2.45, 2.75) is 4.90 Å². The molecule has 3 aromatic heterocycles. The highest BCUT2D eigenvalue weighted by Gasteiger charge is 2.16. The molecular formula is C11H8N8O2S. The Hall–Kier alpha value is -2.95. The molecule has 0 atom stereocenters. The lowest BCUT2D eigenvalue weighted by atomic mass is 10.1. The molecule has 1 aromatic carbocycles. The van der Waals surface area contributed by atoms with Crippen LogP contribution in [-0.4, -0.2) is 55.3 Å². The lowest BCUT2D eigenvalue weighted by Gasteiger charge is -2.05. The van der Waals surface area contributed by atoms with Crippen LogP contribution in [0.4, 0.5) is 0 Å². The number of hydrogen-bond donors (Lipinski definition) is 1. The van der Waals surface area contributed by atoms with Gasteiger partial charge in [0.1, 0.15) is 0 Å². The molecule has 4 aromatic rings. The van der Waals surface area contributed by atoms with Gasteiger partial charge in [-0.15, -0.1) is 10.2 Å². The normalized spacial score (nSPS) is 12.2. The Morgan fingerprint density at radius 1 is 1.14 bits per heavy atom. The van der Waals surface area contributed by atoms with E-state index in [0.29, 0.717) is 27.9 Å². The van der Waals surface area contributed by atoms with Gasteiger partial charge in [0.05, 0.1) is 16.0 Å². The Labute approximate surface area is 123 Å². The molecule has 0 amide bonds. The third-order valence-corrected chi connectivity index (χ3v) is 4.38. The summed E-state index contributed by atoms with van der Waals surface area (Å²) in [5.41, 5.74) is 1.73. The number of rotatable bonds is 2. The molecule has 0 aliphatic heterocycles. The van der Waals surface area contributed by atoms with Crippen molar-refractivity contribution < 1.29 is 8.42 Å². The predicted octanol–water partition coefficient (Wildman–Crippen LogP) is -0.139. The van der Waals surface area contributed by atoms with E-state index in [2.05, 4.69) is 36.1 Å². The molecule has 0 radical (unpaired) electrons. The molecule has 3 heterocycles. The number of H-pyrrole nitrogens is 1. The van der Waals surface area contributed by atoms with Gasteiger partial charge in [-0.25, -0.2) is 13.5 Å². The van der Waals surface area contributed by atoms with Crippen LogP contribution in [0.2, 0.25) is 0 Å². The zero-order chi connectivity index (χ0) is 15.3. The Morgan fingerprint density at radius 3 is 2.73 bits per heavy atom. The fourth-order valence-corrected chi connectivity index (χ4v) is 2.91. The van der Waals surface area contributed by atoms with Crippen molar-refractivity contribution in [1.29, 1.82) is 0 Å². The molecule has 0 aliphatic carbocycles. The van der Waals surface area contributed by atoms with Crippen molar-refractivity contribution in [3.05, 3.63) is 24.3 Å². The summed E-state index contributed by atoms with van der Waals surface area (Å²) in [5.74, 6) is 0.395. The van der Waals surface area contributed by atoms with Crippen LogP contribution in [0.5, 0.6) is 0 Å². The molecule has 0 spiro atoms. The summed E-state index contributed by atoms with van der Waals surface area (Å²) < 4.78 is 24.9. The van der Waals surface area contributed by atoms with E-state index in [0.717, 1.165) is 6.26 Å². The number of benzene rings is 1. The first-order chi connectivity index (χ1) is 10.5. The van der Waals surface area contributed by atoms with Crippen molar-refractivity contribution in [3.63, 3.8) is 0 Å². The third-order valence-electron chi connectivity index (χ3n) is 3.27. The van der Waals surface area contributed by atoms with Crippen LogP contribution in [0.15, 0.2) is 29.2 Å². The van der Waals surface area contributed by atoms with Crippen molar-refractivity contribution in [2.75, 3.05) is 6.26 Å². The minimum absolute atomic E-state index is 0.217. The monoisotopic (exact) mass is 316 g/mol. The number of nitrogens with zero attached hydrogens (tertiary/aromatic N) is 7. The van der Waals surface area contributed by atoms with Gasteiger partial charge in [0.15, 0.2) is 21.3 Å². The number of fused-ring (bicyclic) bond motifs is 3. The molecule has 0 saturated heterocycles. The van der Waals surface area contributed by atoms with Crippen molar-refractivity contribution in [1.82, 2.24) is 40.7 Å². The maximum Gasteiger partial charge on any atom is 0.190 e. The minimum atomic E-state index is -3.31. The molecule has 11 heteroatoms. The van der Waals surface area contributed by atoms with Gasteiger partial charge in [0.2, 0.25) is 0 Å². The average Bonchev–Trinajstić information content (AvgIpc) is 3.16. The van der Waals surface area contributed by atoms with E-state index in [4.69, 9.17) is 0 Å². The first-order valence-corrected chi connectivity index (χ1v) is 8.02. The fourth-order valence-electron chi connectivity index (χ4n) is 2.26. The van der Waals surface area contributed by atoms with Gasteiger partial charge >= 0.3 is 0 Å². The Kier molecular flexibility index (Phi) is 2.48. The number of pyridine rings is 1. The van der Waals surface area contributed by atoms with Gasteiger partial charge in [-0.2, -0.15) is 4.52 Å². The first kappa shape index (κ1) is 12.8. The van der Waals surface area contributed by atoms with Crippen LogP contribution in [0.3, 0.4) is 0 Å². The molecule has 0 saturated carbocycles. The van der Waals surface area contributed by atoms with Crippen molar-refractivity contribution in [3.8, 4) is 11.4 Å². The lowest BCUT2D eigenvalue weighted by molar-refractivity contribution is 0.602. The maximum absolute atomic E-state index is 11.7. The molecule has 0 bridgehead atoms. The minimum Gasteiger partial charge on any atom is -0.239 e. The first-order valence-electron chi connectivity index (χ1n) is 6.13. The SMILES string of the molecule is CS(=O)(=O)c1ccc2c(c1)cc(-c1nnn[nH]1)c1nnnn12. The number of nitrogens with one attached hydrogen (secondary N) is 1. The Balaban J connectivity index is 2.13. The highest BCUT2D eigenvalue weighted by atomic mass is 32.2. The van der Waals surface area contributed by atoms with Gasteiger partial charge in [0.25, 0.3) is 0 Å². The predicted molar refractivity (Wildman–Crippen MR) is 74.6 cm³/mol. The lowest BCUT2D eigenvalue weighted by Crippen LogP contribution is -1.99. The number of aromatic amines is 1. The highest BCUT2D eigenvalue weighted by Crippen LogP contribution is 2.26. The summed E-state index contributed by atoms with van der Waals surface area (Å²) in [7, 11) is -3.31. The van der Waals surface area contributed by atoms with E-state index in [1.807, 2.05) is 0 Å². The topological polar surface area (TPSA) is 132 Å². The van der Waals surface area contributed by atoms with E-state index >= 15 is 0 Å². The van der Waals surface area contributed by atoms with E-state index in [9.17, 15) is 8.42 Å². The van der Waals surface area contributed by atoms with Gasteiger partial charge in [0, 0.05) is 11.6 Å². The largest absolute Gasteiger partial charge is 0.239 e. The zero-order valence-electron chi connectivity index (χ0n) is 11.2. The maximum atomic E-state index is 11.7. The molecular weight excluding hydrogens is 308 g/mol. The summed E-state index contributed by atoms with van der Waals surface area (Å²) in [4.78, 5) is 0.217. The quantitative estimate of drug-likeness (QED) is 0.540. The number of hydrogen-bond acceptors (Lipinski definition) is 8. The van der Waals surface area contributed by atoms with Gasteiger partial charge < -0.3 is 0 Å². The summed E-state index contributed by atoms with van der Waals surface area (Å²) in [5, 5.41) is 25.8. The van der Waals surface area contributed by atoms with Crippen molar-refractivity contribution in [2.24, 2.45) is 0 Å². The Bertz CT molecular complexity index is 1100. The van der Waals surface area contributed by atoms with Crippen LogP contribution >= 0.6 is 0 Å². The van der Waals surface area contributed by atoms with Gasteiger partial charge in [-0.3, -0.25) is 0 Å². The molecule has 0 aliphatic rings. The van der Waals surface area contributed by atoms with Crippen LogP contribution in [0.1, 0.15) is 0 Å². The average molecular weight is 316 g/mol. The van der Waals surface area contributed by atoms with E-state index in [-0.39, 0.29) is 4.90 Å². The smallest absolute Gasteiger partial charge is 0.190 e. The Morgan fingerprint density at radius 2 is 2.00 bits per heavy atom. The summed E-state index contributed by atoms with van der Waals surface area (Å²) >= 11 is 0. The van der Waals surface area contributed by atoms with Crippen molar-refractivity contribution >= 4 is 26.4 Å². The standard InChI is InChI=1S/C11H8N8O2S/c1-22(20,21)7-2-3-9-6(4-7)5-8(10-12-15-16-13-10)11-14-17-18-19(9)11/h2-5H,1H3,(H,12,13,15,16). The van der Waals surface area contributed by atoms with Crippen LogP contribution in [0, 0.1) is 0 Å². The second-order valence-electron chi connectivity index (χ2n) is 4.71. The summed E-state index contributed by atoms with van der Waals surface area (Å²) in [6.45, 7) is 0. The summed E-state index contributed by atoms with van der Waals surface area (Å²) in [6.07, 6.45) is 1.16. The van der Waals surface area contributed by atoms with Gasteiger partial charge in [-0.1, -0.05) is 0 Å². The molecule has 22 heavy (non-hydrogen) atoms. The summed E-state index contributed by atoms with van der Waals surface area (Å²) in [6, 6.07) is 6.50. The number of aromatic nitrogens is 8. The fraction of sp³-hybridized carbons (Fsp3) is 0.0909. The van der Waals surface area contributed by atoms with E-state index in [1.165, 1.54) is 10.6 Å². The molecule has 0 unspecified atom stereocenters. The number of sulfone groups is 1. The van der Waals surface area contributed by atoms with Crippen LogP contribution in [-0.2, 0) is 9.84 Å².